The summed E-state index contributed by atoms with van der Waals surface area (Å²) >= 11 is 12.1. The number of amides is 1. The zero-order valence-electron chi connectivity index (χ0n) is 12.5. The Hall–Kier alpha value is -1.91. The first kappa shape index (κ1) is 16.0. The van der Waals surface area contributed by atoms with Crippen molar-refractivity contribution in [2.75, 3.05) is 18.1 Å². The summed E-state index contributed by atoms with van der Waals surface area (Å²) in [6.45, 7) is 2.62. The molecule has 0 bridgehead atoms. The van der Waals surface area contributed by atoms with Gasteiger partial charge in [-0.25, -0.2) is 0 Å². The maximum atomic E-state index is 12.7. The lowest BCUT2D eigenvalue weighted by Gasteiger charge is -2.31. The minimum Gasteiger partial charge on any atom is -0.490 e. The molecule has 1 heterocycles. The number of anilines is 1. The molecule has 0 fully saturated rings. The van der Waals surface area contributed by atoms with Crippen LogP contribution in [0.15, 0.2) is 42.5 Å². The van der Waals surface area contributed by atoms with Gasteiger partial charge in [0.05, 0.1) is 17.3 Å². The molecule has 1 aliphatic heterocycles. The van der Waals surface area contributed by atoms with Gasteiger partial charge in [0.25, 0.3) is 5.91 Å². The van der Waals surface area contributed by atoms with E-state index >= 15 is 0 Å². The first-order valence-electron chi connectivity index (χ1n) is 7.22. The fraction of sp³-hybridized carbons (Fsp3) is 0.235. The van der Waals surface area contributed by atoms with Gasteiger partial charge in [-0.1, -0.05) is 41.4 Å². The third kappa shape index (κ3) is 3.23. The van der Waals surface area contributed by atoms with Crippen LogP contribution in [0.4, 0.5) is 5.69 Å². The van der Waals surface area contributed by atoms with Crippen LogP contribution in [0.3, 0.4) is 0 Å². The van der Waals surface area contributed by atoms with Gasteiger partial charge in [-0.2, -0.15) is 0 Å². The molecule has 3 rings (SSSR count). The molecule has 0 spiro atoms. The number of nitrogens with zero attached hydrogens (tertiary/aromatic N) is 1. The van der Waals surface area contributed by atoms with Gasteiger partial charge in [0, 0.05) is 0 Å². The van der Waals surface area contributed by atoms with Crippen molar-refractivity contribution in [3.63, 3.8) is 0 Å². The van der Waals surface area contributed by atoms with E-state index in [0.717, 1.165) is 5.69 Å². The summed E-state index contributed by atoms with van der Waals surface area (Å²) < 4.78 is 11.3. The minimum absolute atomic E-state index is 0.156. The first-order valence-corrected chi connectivity index (χ1v) is 7.97. The van der Waals surface area contributed by atoms with Gasteiger partial charge in [0.2, 0.25) is 0 Å². The number of hydrogen-bond acceptors (Lipinski definition) is 3. The van der Waals surface area contributed by atoms with Gasteiger partial charge in [0.15, 0.2) is 6.10 Å². The summed E-state index contributed by atoms with van der Waals surface area (Å²) in [5, 5.41) is 0.691. The van der Waals surface area contributed by atoms with Crippen molar-refractivity contribution in [3.8, 4) is 11.5 Å². The molecule has 1 aliphatic rings. The Labute approximate surface area is 144 Å². The van der Waals surface area contributed by atoms with Crippen molar-refractivity contribution in [3.05, 3.63) is 52.5 Å². The lowest BCUT2D eigenvalue weighted by atomic mass is 10.2. The standard InChI is InChI=1S/C17H15Cl2NO3/c1-11(23-15-8-4-5-12(18)16(15)19)17(21)20-9-10-22-14-7-3-2-6-13(14)20/h2-8,11H,9-10H2,1H3. The monoisotopic (exact) mass is 351 g/mol. The van der Waals surface area contributed by atoms with E-state index in [0.29, 0.717) is 34.7 Å². The summed E-state index contributed by atoms with van der Waals surface area (Å²) in [5.74, 6) is 0.929. The largest absolute Gasteiger partial charge is 0.490 e. The Morgan fingerprint density at radius 3 is 2.83 bits per heavy atom. The van der Waals surface area contributed by atoms with Gasteiger partial charge in [0.1, 0.15) is 23.1 Å². The number of carbonyl (C=O) groups excluding carboxylic acids is 1. The summed E-state index contributed by atoms with van der Waals surface area (Å²) in [4.78, 5) is 14.4. The Morgan fingerprint density at radius 2 is 2.00 bits per heavy atom. The highest BCUT2D eigenvalue weighted by atomic mass is 35.5. The lowest BCUT2D eigenvalue weighted by molar-refractivity contribution is -0.124. The smallest absolute Gasteiger partial charge is 0.267 e. The topological polar surface area (TPSA) is 38.8 Å². The third-order valence-electron chi connectivity index (χ3n) is 3.56. The number of hydrogen-bond donors (Lipinski definition) is 0. The van der Waals surface area contributed by atoms with Crippen LogP contribution in [-0.4, -0.2) is 25.2 Å². The Balaban J connectivity index is 1.80. The molecule has 0 aliphatic carbocycles. The second-order valence-electron chi connectivity index (χ2n) is 5.12. The van der Waals surface area contributed by atoms with Crippen molar-refractivity contribution >= 4 is 34.8 Å². The maximum absolute atomic E-state index is 12.7. The molecule has 6 heteroatoms. The zero-order valence-corrected chi connectivity index (χ0v) is 14.0. The molecule has 0 aromatic heterocycles. The number of carbonyl (C=O) groups is 1. The summed E-state index contributed by atoms with van der Waals surface area (Å²) in [7, 11) is 0. The van der Waals surface area contributed by atoms with Gasteiger partial charge in [-0.05, 0) is 31.2 Å². The summed E-state index contributed by atoms with van der Waals surface area (Å²) in [6, 6.07) is 12.5. The van der Waals surface area contributed by atoms with Crippen molar-refractivity contribution in [2.24, 2.45) is 0 Å². The predicted octanol–water partition coefficient (Wildman–Crippen LogP) is 4.19. The van der Waals surface area contributed by atoms with E-state index in [1.54, 1.807) is 30.0 Å². The number of rotatable bonds is 3. The highest BCUT2D eigenvalue weighted by molar-refractivity contribution is 6.42. The maximum Gasteiger partial charge on any atom is 0.267 e. The molecular formula is C17H15Cl2NO3. The van der Waals surface area contributed by atoms with Gasteiger partial charge < -0.3 is 14.4 Å². The Kier molecular flexibility index (Phi) is 4.64. The molecule has 0 N–H and O–H groups in total. The van der Waals surface area contributed by atoms with Crippen LogP contribution in [0.25, 0.3) is 0 Å². The van der Waals surface area contributed by atoms with E-state index in [1.807, 2.05) is 24.3 Å². The predicted molar refractivity (Wildman–Crippen MR) is 90.8 cm³/mol. The minimum atomic E-state index is -0.697. The average Bonchev–Trinajstić information content (AvgIpc) is 2.57. The number of halogens is 2. The van der Waals surface area contributed by atoms with Crippen LogP contribution in [0, 0.1) is 0 Å². The van der Waals surface area contributed by atoms with E-state index in [9.17, 15) is 4.79 Å². The summed E-state index contributed by atoms with van der Waals surface area (Å²) in [6.07, 6.45) is -0.697. The highest BCUT2D eigenvalue weighted by Crippen LogP contribution is 2.34. The Morgan fingerprint density at radius 1 is 1.22 bits per heavy atom. The van der Waals surface area contributed by atoms with E-state index in [2.05, 4.69) is 0 Å². The van der Waals surface area contributed by atoms with Crippen LogP contribution in [0.1, 0.15) is 6.92 Å². The summed E-state index contributed by atoms with van der Waals surface area (Å²) in [5.41, 5.74) is 0.747. The quantitative estimate of drug-likeness (QED) is 0.832. The molecule has 0 saturated heterocycles. The molecule has 1 amide bonds. The SMILES string of the molecule is CC(Oc1cccc(Cl)c1Cl)C(=O)N1CCOc2ccccc21. The van der Waals surface area contributed by atoms with Crippen LogP contribution < -0.4 is 14.4 Å². The number of fused-ring (bicyclic) bond motifs is 1. The fourth-order valence-electron chi connectivity index (χ4n) is 2.43. The third-order valence-corrected chi connectivity index (χ3v) is 4.36. The molecule has 1 atom stereocenters. The molecule has 2 aromatic rings. The van der Waals surface area contributed by atoms with E-state index < -0.39 is 6.10 Å². The highest BCUT2D eigenvalue weighted by Gasteiger charge is 2.28. The van der Waals surface area contributed by atoms with Crippen LogP contribution in [0.5, 0.6) is 11.5 Å². The average molecular weight is 352 g/mol. The molecule has 120 valence electrons. The van der Waals surface area contributed by atoms with Crippen LogP contribution >= 0.6 is 23.2 Å². The molecule has 1 unspecified atom stereocenters. The normalized spacial score (nSPS) is 14.7. The van der Waals surface area contributed by atoms with Gasteiger partial charge in [-0.15, -0.1) is 0 Å². The molecule has 4 nitrogen and oxygen atoms in total. The lowest BCUT2D eigenvalue weighted by Crippen LogP contribution is -2.44. The second-order valence-corrected chi connectivity index (χ2v) is 5.90. The van der Waals surface area contributed by atoms with Gasteiger partial charge in [-0.3, -0.25) is 4.79 Å². The van der Waals surface area contributed by atoms with Crippen molar-refractivity contribution in [1.29, 1.82) is 0 Å². The fourth-order valence-corrected chi connectivity index (χ4v) is 2.77. The number of benzene rings is 2. The van der Waals surface area contributed by atoms with Crippen LogP contribution in [-0.2, 0) is 4.79 Å². The number of para-hydroxylation sites is 2. The van der Waals surface area contributed by atoms with Crippen LogP contribution in [0.2, 0.25) is 10.0 Å². The van der Waals surface area contributed by atoms with E-state index in [1.165, 1.54) is 0 Å². The Bertz CT molecular complexity index is 736. The van der Waals surface area contributed by atoms with Crippen molar-refractivity contribution < 1.29 is 14.3 Å². The molecule has 23 heavy (non-hydrogen) atoms. The van der Waals surface area contributed by atoms with Gasteiger partial charge >= 0.3 is 0 Å². The molecular weight excluding hydrogens is 337 g/mol. The zero-order chi connectivity index (χ0) is 16.4. The molecule has 0 saturated carbocycles. The molecule has 2 aromatic carbocycles. The number of ether oxygens (including phenoxy) is 2. The first-order chi connectivity index (χ1) is 11.1. The van der Waals surface area contributed by atoms with Crippen molar-refractivity contribution in [1.82, 2.24) is 0 Å². The van der Waals surface area contributed by atoms with E-state index in [4.69, 9.17) is 32.7 Å². The molecule has 0 radical (unpaired) electrons. The van der Waals surface area contributed by atoms with Crippen molar-refractivity contribution in [2.45, 2.75) is 13.0 Å². The van der Waals surface area contributed by atoms with E-state index in [-0.39, 0.29) is 5.91 Å². The second kappa shape index (κ2) is 6.69.